The summed E-state index contributed by atoms with van der Waals surface area (Å²) >= 11 is 1.39. The Bertz CT molecular complexity index is 1240. The van der Waals surface area contributed by atoms with Crippen molar-refractivity contribution in [1.82, 2.24) is 14.8 Å². The zero-order valence-corrected chi connectivity index (χ0v) is 20.4. The lowest BCUT2D eigenvalue weighted by atomic mass is 10.1. The maximum atomic E-state index is 13.6. The van der Waals surface area contributed by atoms with Crippen LogP contribution in [0, 0.1) is 13.8 Å². The molecule has 34 heavy (non-hydrogen) atoms. The summed E-state index contributed by atoms with van der Waals surface area (Å²) in [4.78, 5) is 13.6. The zero-order chi connectivity index (χ0) is 23.9. The summed E-state index contributed by atoms with van der Waals surface area (Å²) in [5, 5.41) is 12.2. The normalized spacial score (nSPS) is 11.9. The fourth-order valence-electron chi connectivity index (χ4n) is 3.64. The third kappa shape index (κ3) is 5.55. The van der Waals surface area contributed by atoms with Crippen LogP contribution in [-0.4, -0.2) is 34.4 Å². The molecule has 0 saturated heterocycles. The number of hydrogen-bond donors (Lipinski definition) is 1. The summed E-state index contributed by atoms with van der Waals surface area (Å²) in [5.74, 6) is 0.648. The smallest absolute Gasteiger partial charge is 0.242 e. The van der Waals surface area contributed by atoms with Crippen LogP contribution >= 0.6 is 11.8 Å². The van der Waals surface area contributed by atoms with Crippen LogP contribution in [-0.2, 0) is 16.1 Å². The van der Waals surface area contributed by atoms with Crippen LogP contribution in [0.15, 0.2) is 84.0 Å². The van der Waals surface area contributed by atoms with Crippen molar-refractivity contribution in [3.8, 4) is 11.4 Å². The van der Waals surface area contributed by atoms with Crippen molar-refractivity contribution in [2.45, 2.75) is 30.8 Å². The molecule has 0 saturated carbocycles. The number of carbonyl (C=O) groups is 1. The predicted octanol–water partition coefficient (Wildman–Crippen LogP) is 5.68. The molecule has 0 unspecified atom stereocenters. The van der Waals surface area contributed by atoms with Gasteiger partial charge in [-0.2, -0.15) is 0 Å². The lowest BCUT2D eigenvalue weighted by Crippen LogP contribution is -2.20. The van der Waals surface area contributed by atoms with Gasteiger partial charge >= 0.3 is 0 Å². The second-order valence-corrected chi connectivity index (χ2v) is 9.11. The van der Waals surface area contributed by atoms with Crippen LogP contribution in [0.3, 0.4) is 0 Å². The molecule has 4 aromatic rings. The number of methoxy groups -OCH3 is 1. The fraction of sp³-hybridized carbons (Fsp3) is 0.222. The van der Waals surface area contributed by atoms with Crippen LogP contribution in [0.4, 0.5) is 5.69 Å². The molecule has 0 bridgehead atoms. The quantitative estimate of drug-likeness (QED) is 0.317. The summed E-state index contributed by atoms with van der Waals surface area (Å²) in [6.45, 7) is 5.10. The van der Waals surface area contributed by atoms with E-state index in [9.17, 15) is 4.79 Å². The van der Waals surface area contributed by atoms with E-state index in [1.54, 1.807) is 7.11 Å². The average Bonchev–Trinajstić information content (AvgIpc) is 3.26. The molecule has 0 fully saturated rings. The maximum absolute atomic E-state index is 13.6. The first-order valence-electron chi connectivity index (χ1n) is 11.1. The zero-order valence-electron chi connectivity index (χ0n) is 19.6. The van der Waals surface area contributed by atoms with Crippen molar-refractivity contribution in [2.24, 2.45) is 0 Å². The Morgan fingerprint density at radius 1 is 1.00 bits per heavy atom. The van der Waals surface area contributed by atoms with Crippen molar-refractivity contribution in [3.05, 3.63) is 95.6 Å². The van der Waals surface area contributed by atoms with Crippen LogP contribution in [0.2, 0.25) is 0 Å². The highest BCUT2D eigenvalue weighted by Crippen LogP contribution is 2.37. The lowest BCUT2D eigenvalue weighted by Gasteiger charge is -2.18. The number of nitrogens with zero attached hydrogens (tertiary/aromatic N) is 3. The summed E-state index contributed by atoms with van der Waals surface area (Å²) in [5.41, 5.74) is 4.80. The number of ether oxygens (including phenoxy) is 1. The molecule has 1 amide bonds. The highest BCUT2D eigenvalue weighted by atomic mass is 32.2. The minimum Gasteiger partial charge on any atom is -0.383 e. The second kappa shape index (κ2) is 11.1. The molecule has 0 aliphatic heterocycles. The molecule has 6 nitrogen and oxygen atoms in total. The third-order valence-electron chi connectivity index (χ3n) is 5.48. The Morgan fingerprint density at radius 3 is 2.41 bits per heavy atom. The second-order valence-electron chi connectivity index (χ2n) is 8.03. The molecule has 0 aliphatic rings. The Balaban J connectivity index is 1.69. The number of anilines is 1. The molecule has 1 aromatic heterocycles. The highest BCUT2D eigenvalue weighted by Gasteiger charge is 2.26. The van der Waals surface area contributed by atoms with Gasteiger partial charge in [-0.1, -0.05) is 84.6 Å². The number of rotatable bonds is 9. The Kier molecular flexibility index (Phi) is 7.77. The van der Waals surface area contributed by atoms with E-state index in [4.69, 9.17) is 4.74 Å². The van der Waals surface area contributed by atoms with E-state index < -0.39 is 5.25 Å². The number of benzene rings is 3. The maximum Gasteiger partial charge on any atom is 0.242 e. The molecule has 0 aliphatic carbocycles. The molecular formula is C27H28N4O2S. The molecule has 0 radical (unpaired) electrons. The van der Waals surface area contributed by atoms with Crippen LogP contribution < -0.4 is 5.32 Å². The lowest BCUT2D eigenvalue weighted by molar-refractivity contribution is -0.115. The van der Waals surface area contributed by atoms with E-state index >= 15 is 0 Å². The Hall–Kier alpha value is -3.42. The van der Waals surface area contributed by atoms with Gasteiger partial charge in [-0.25, -0.2) is 0 Å². The van der Waals surface area contributed by atoms with Gasteiger partial charge in [0.2, 0.25) is 5.91 Å². The van der Waals surface area contributed by atoms with E-state index in [0.29, 0.717) is 18.3 Å². The first-order chi connectivity index (χ1) is 16.6. The number of amides is 1. The topological polar surface area (TPSA) is 69.0 Å². The molecular weight excluding hydrogens is 444 g/mol. The number of nitrogens with one attached hydrogen (secondary N) is 1. The predicted molar refractivity (Wildman–Crippen MR) is 137 cm³/mol. The van der Waals surface area contributed by atoms with Crippen molar-refractivity contribution in [2.75, 3.05) is 19.0 Å². The molecule has 1 heterocycles. The fourth-order valence-corrected chi connectivity index (χ4v) is 4.70. The van der Waals surface area contributed by atoms with E-state index in [2.05, 4.69) is 15.5 Å². The molecule has 1 atom stereocenters. The minimum atomic E-state index is -0.504. The van der Waals surface area contributed by atoms with Gasteiger partial charge in [-0.3, -0.25) is 9.36 Å². The SMILES string of the molecule is COCCn1c(S[C@@H](C(=O)Nc2cc(C)ccc2C)c2ccccc2)nnc1-c1ccccc1. The number of hydrogen-bond acceptors (Lipinski definition) is 5. The molecule has 1 N–H and O–H groups in total. The van der Waals surface area contributed by atoms with Crippen molar-refractivity contribution < 1.29 is 9.53 Å². The van der Waals surface area contributed by atoms with E-state index in [0.717, 1.165) is 33.8 Å². The summed E-state index contributed by atoms with van der Waals surface area (Å²) in [6.07, 6.45) is 0. The average molecular weight is 473 g/mol. The first-order valence-corrected chi connectivity index (χ1v) is 12.0. The van der Waals surface area contributed by atoms with Gasteiger partial charge in [-0.15, -0.1) is 10.2 Å². The van der Waals surface area contributed by atoms with E-state index in [1.807, 2.05) is 97.3 Å². The molecule has 7 heteroatoms. The molecule has 4 rings (SSSR count). The number of carbonyl (C=O) groups excluding carboxylic acids is 1. The standard InChI is InChI=1S/C27H28N4O2S/c1-19-14-15-20(2)23(18-19)28-26(32)24(21-10-6-4-7-11-21)34-27-30-29-25(31(27)16-17-33-3)22-12-8-5-9-13-22/h4-15,18,24H,16-17H2,1-3H3,(H,28,32)/t24-/m1/s1. The van der Waals surface area contributed by atoms with Gasteiger partial charge in [-0.05, 0) is 36.6 Å². The minimum absolute atomic E-state index is 0.104. The largest absolute Gasteiger partial charge is 0.383 e. The van der Waals surface area contributed by atoms with Gasteiger partial charge < -0.3 is 10.1 Å². The summed E-state index contributed by atoms with van der Waals surface area (Å²) in [6, 6.07) is 25.7. The van der Waals surface area contributed by atoms with E-state index in [1.165, 1.54) is 11.8 Å². The monoisotopic (exact) mass is 472 g/mol. The van der Waals surface area contributed by atoms with Gasteiger partial charge in [0.05, 0.1) is 13.2 Å². The number of thioether (sulfide) groups is 1. The molecule has 0 spiro atoms. The van der Waals surface area contributed by atoms with Crippen LogP contribution in [0.1, 0.15) is 21.9 Å². The molecule has 3 aromatic carbocycles. The number of aromatic nitrogens is 3. The van der Waals surface area contributed by atoms with Gasteiger partial charge in [0.15, 0.2) is 11.0 Å². The van der Waals surface area contributed by atoms with Gasteiger partial charge in [0.25, 0.3) is 0 Å². The number of aryl methyl sites for hydroxylation is 2. The highest BCUT2D eigenvalue weighted by molar-refractivity contribution is 8.00. The third-order valence-corrected chi connectivity index (χ3v) is 6.72. The summed E-state index contributed by atoms with van der Waals surface area (Å²) in [7, 11) is 1.67. The first kappa shape index (κ1) is 23.7. The van der Waals surface area contributed by atoms with Crippen LogP contribution in [0.25, 0.3) is 11.4 Å². The van der Waals surface area contributed by atoms with Crippen molar-refractivity contribution in [3.63, 3.8) is 0 Å². The van der Waals surface area contributed by atoms with Gasteiger partial charge in [0, 0.05) is 18.4 Å². The van der Waals surface area contributed by atoms with Gasteiger partial charge in [0.1, 0.15) is 5.25 Å². The molecule has 174 valence electrons. The Labute approximate surface area is 204 Å². The van der Waals surface area contributed by atoms with E-state index in [-0.39, 0.29) is 5.91 Å². The Morgan fingerprint density at radius 2 is 1.71 bits per heavy atom. The summed E-state index contributed by atoms with van der Waals surface area (Å²) < 4.78 is 7.36. The van der Waals surface area contributed by atoms with Crippen molar-refractivity contribution >= 4 is 23.4 Å². The van der Waals surface area contributed by atoms with Crippen LogP contribution in [0.5, 0.6) is 0 Å². The van der Waals surface area contributed by atoms with Crippen molar-refractivity contribution in [1.29, 1.82) is 0 Å².